The Hall–Kier alpha value is -0.460. The number of nitrogens with zero attached hydrogens (tertiary/aromatic N) is 1. The van der Waals surface area contributed by atoms with Gasteiger partial charge in [0.2, 0.25) is 10.0 Å². The van der Waals surface area contributed by atoms with Crippen LogP contribution in [0.1, 0.15) is 31.2 Å². The van der Waals surface area contributed by atoms with E-state index in [1.165, 1.54) is 12.1 Å². The summed E-state index contributed by atoms with van der Waals surface area (Å²) in [5, 5.41) is 0.758. The summed E-state index contributed by atoms with van der Waals surface area (Å²) in [6.45, 7) is 2.18. The summed E-state index contributed by atoms with van der Waals surface area (Å²) in [6.07, 6.45) is 3.61. The summed E-state index contributed by atoms with van der Waals surface area (Å²) in [6, 6.07) is 4.01. The fraction of sp³-hybridized carbons (Fsp3) is 0.571. The number of aryl methyl sites for hydroxylation is 1. The van der Waals surface area contributed by atoms with Gasteiger partial charge in [0.25, 0.3) is 0 Å². The summed E-state index contributed by atoms with van der Waals surface area (Å²) in [4.78, 5) is 0.0963. The molecule has 1 aliphatic carbocycles. The Morgan fingerprint density at radius 3 is 2.65 bits per heavy atom. The molecule has 0 heterocycles. The molecule has 0 spiro atoms. The first-order valence-electron chi connectivity index (χ1n) is 6.81. The van der Waals surface area contributed by atoms with Crippen LogP contribution in [0.4, 0.5) is 4.39 Å². The van der Waals surface area contributed by atoms with Crippen molar-refractivity contribution in [2.75, 3.05) is 11.9 Å². The Balaban J connectivity index is 2.36. The van der Waals surface area contributed by atoms with Gasteiger partial charge in [0.05, 0.1) is 4.90 Å². The SMILES string of the molecule is Cc1ccc(F)cc1S(=O)(=O)N(CCCBr)C1CCC1. The third-order valence-corrected chi connectivity index (χ3v) is 6.39. The second-order valence-corrected chi connectivity index (χ2v) is 7.80. The smallest absolute Gasteiger partial charge is 0.207 e. The van der Waals surface area contributed by atoms with E-state index in [4.69, 9.17) is 0 Å². The Bertz CT molecular complexity index is 573. The van der Waals surface area contributed by atoms with E-state index in [0.29, 0.717) is 12.1 Å². The maximum Gasteiger partial charge on any atom is 0.243 e. The molecule has 1 aromatic carbocycles. The van der Waals surface area contributed by atoms with Gasteiger partial charge in [0, 0.05) is 17.9 Å². The molecule has 1 aliphatic rings. The monoisotopic (exact) mass is 363 g/mol. The highest BCUT2D eigenvalue weighted by atomic mass is 79.9. The fourth-order valence-corrected chi connectivity index (χ4v) is 4.58. The molecule has 6 heteroatoms. The molecule has 0 radical (unpaired) electrons. The van der Waals surface area contributed by atoms with E-state index in [-0.39, 0.29) is 10.9 Å². The molecule has 0 bridgehead atoms. The molecular weight excluding hydrogens is 345 g/mol. The Morgan fingerprint density at radius 2 is 2.10 bits per heavy atom. The predicted molar refractivity (Wildman–Crippen MR) is 81.1 cm³/mol. The van der Waals surface area contributed by atoms with Crippen LogP contribution in [0, 0.1) is 12.7 Å². The number of hydrogen-bond acceptors (Lipinski definition) is 2. The van der Waals surface area contributed by atoms with Crippen LogP contribution in [0.15, 0.2) is 23.1 Å². The minimum Gasteiger partial charge on any atom is -0.207 e. The van der Waals surface area contributed by atoms with Crippen molar-refractivity contribution in [3.63, 3.8) is 0 Å². The Kier molecular flexibility index (Phi) is 5.20. The fourth-order valence-electron chi connectivity index (χ4n) is 2.37. The summed E-state index contributed by atoms with van der Waals surface area (Å²) < 4.78 is 40.5. The van der Waals surface area contributed by atoms with Crippen LogP contribution >= 0.6 is 15.9 Å². The van der Waals surface area contributed by atoms with Crippen LogP contribution in [-0.2, 0) is 10.0 Å². The second-order valence-electron chi connectivity index (χ2n) is 5.15. The molecule has 0 amide bonds. The van der Waals surface area contributed by atoms with Gasteiger partial charge in [0.15, 0.2) is 0 Å². The van der Waals surface area contributed by atoms with Crippen LogP contribution < -0.4 is 0 Å². The average Bonchev–Trinajstić information content (AvgIpc) is 2.34. The van der Waals surface area contributed by atoms with Crippen molar-refractivity contribution in [3.8, 4) is 0 Å². The lowest BCUT2D eigenvalue weighted by Crippen LogP contribution is -2.44. The highest BCUT2D eigenvalue weighted by molar-refractivity contribution is 9.09. The van der Waals surface area contributed by atoms with Crippen molar-refractivity contribution in [1.82, 2.24) is 4.31 Å². The molecule has 0 aliphatic heterocycles. The van der Waals surface area contributed by atoms with Gasteiger partial charge >= 0.3 is 0 Å². The molecule has 2 rings (SSSR count). The quantitative estimate of drug-likeness (QED) is 0.725. The van der Waals surface area contributed by atoms with Gasteiger partial charge in [0.1, 0.15) is 5.82 Å². The zero-order valence-electron chi connectivity index (χ0n) is 11.5. The standard InChI is InChI=1S/C14H19BrFNO2S/c1-11-6-7-12(16)10-14(11)20(18,19)17(9-3-8-15)13-4-2-5-13/h6-7,10,13H,2-5,8-9H2,1H3. The van der Waals surface area contributed by atoms with E-state index in [2.05, 4.69) is 15.9 Å². The van der Waals surface area contributed by atoms with Crippen molar-refractivity contribution < 1.29 is 12.8 Å². The molecule has 1 saturated carbocycles. The molecule has 1 fully saturated rings. The highest BCUT2D eigenvalue weighted by Crippen LogP contribution is 2.31. The van der Waals surface area contributed by atoms with E-state index in [1.54, 1.807) is 11.2 Å². The Labute approximate surface area is 128 Å². The number of sulfonamides is 1. The van der Waals surface area contributed by atoms with Crippen molar-refractivity contribution in [2.45, 2.75) is 43.5 Å². The van der Waals surface area contributed by atoms with E-state index < -0.39 is 15.8 Å². The molecule has 112 valence electrons. The predicted octanol–water partition coefficient (Wildman–Crippen LogP) is 3.46. The topological polar surface area (TPSA) is 37.4 Å². The van der Waals surface area contributed by atoms with E-state index >= 15 is 0 Å². The number of rotatable bonds is 6. The first-order chi connectivity index (χ1) is 9.46. The second kappa shape index (κ2) is 6.54. The Morgan fingerprint density at radius 1 is 1.40 bits per heavy atom. The number of benzene rings is 1. The first-order valence-corrected chi connectivity index (χ1v) is 9.37. The van der Waals surface area contributed by atoms with E-state index in [9.17, 15) is 12.8 Å². The molecule has 0 N–H and O–H groups in total. The molecule has 1 aromatic rings. The van der Waals surface area contributed by atoms with Gasteiger partial charge in [-0.05, 0) is 43.9 Å². The van der Waals surface area contributed by atoms with E-state index in [1.807, 2.05) is 0 Å². The van der Waals surface area contributed by atoms with Gasteiger partial charge in [-0.2, -0.15) is 4.31 Å². The first kappa shape index (κ1) is 15.9. The van der Waals surface area contributed by atoms with Crippen molar-refractivity contribution in [1.29, 1.82) is 0 Å². The lowest BCUT2D eigenvalue weighted by Gasteiger charge is -2.36. The van der Waals surface area contributed by atoms with Crippen LogP contribution in [0.3, 0.4) is 0 Å². The van der Waals surface area contributed by atoms with Crippen molar-refractivity contribution in [3.05, 3.63) is 29.6 Å². The molecule has 0 aromatic heterocycles. The number of hydrogen-bond donors (Lipinski definition) is 0. The number of halogens is 2. The third kappa shape index (κ3) is 3.23. The van der Waals surface area contributed by atoms with Gasteiger partial charge in [-0.25, -0.2) is 12.8 Å². The lowest BCUT2D eigenvalue weighted by molar-refractivity contribution is 0.220. The molecule has 20 heavy (non-hydrogen) atoms. The molecule has 0 saturated heterocycles. The van der Waals surface area contributed by atoms with Crippen LogP contribution in [-0.4, -0.2) is 30.6 Å². The maximum absolute atomic E-state index is 13.4. The zero-order valence-corrected chi connectivity index (χ0v) is 13.9. The summed E-state index contributed by atoms with van der Waals surface area (Å²) in [5.41, 5.74) is 0.592. The molecular formula is C14H19BrFNO2S. The zero-order chi connectivity index (χ0) is 14.8. The third-order valence-electron chi connectivity index (χ3n) is 3.73. The molecule has 0 atom stereocenters. The minimum absolute atomic E-state index is 0.0710. The largest absolute Gasteiger partial charge is 0.243 e. The van der Waals surface area contributed by atoms with Gasteiger partial charge in [-0.3, -0.25) is 0 Å². The molecule has 0 unspecified atom stereocenters. The van der Waals surface area contributed by atoms with Gasteiger partial charge in [-0.1, -0.05) is 28.4 Å². The van der Waals surface area contributed by atoms with Crippen LogP contribution in [0.25, 0.3) is 0 Å². The van der Waals surface area contributed by atoms with E-state index in [0.717, 1.165) is 37.1 Å². The van der Waals surface area contributed by atoms with Gasteiger partial charge < -0.3 is 0 Å². The summed E-state index contributed by atoms with van der Waals surface area (Å²) in [7, 11) is -3.61. The summed E-state index contributed by atoms with van der Waals surface area (Å²) in [5.74, 6) is -0.511. The normalized spacial score (nSPS) is 16.4. The van der Waals surface area contributed by atoms with Crippen molar-refractivity contribution >= 4 is 26.0 Å². The summed E-state index contributed by atoms with van der Waals surface area (Å²) >= 11 is 3.33. The lowest BCUT2D eigenvalue weighted by atomic mass is 9.93. The molecule has 3 nitrogen and oxygen atoms in total. The average molecular weight is 364 g/mol. The van der Waals surface area contributed by atoms with Crippen LogP contribution in [0.2, 0.25) is 0 Å². The van der Waals surface area contributed by atoms with Crippen molar-refractivity contribution in [2.24, 2.45) is 0 Å². The maximum atomic E-state index is 13.4. The minimum atomic E-state index is -3.61. The highest BCUT2D eigenvalue weighted by Gasteiger charge is 2.35. The van der Waals surface area contributed by atoms with Gasteiger partial charge in [-0.15, -0.1) is 0 Å². The number of alkyl halides is 1. The van der Waals surface area contributed by atoms with Crippen LogP contribution in [0.5, 0.6) is 0 Å².